The molecule has 0 saturated heterocycles. The molecule has 1 atom stereocenters. The number of carbonyl (C=O) groups excluding carboxylic acids is 2. The number of carboxylic acids is 1. The van der Waals surface area contributed by atoms with E-state index in [4.69, 9.17) is 9.84 Å². The van der Waals surface area contributed by atoms with Gasteiger partial charge in [0, 0.05) is 12.0 Å². The number of nitrogens with one attached hydrogen (secondary N) is 2. The monoisotopic (exact) mass is 450 g/mol. The second kappa shape index (κ2) is 9.65. The van der Waals surface area contributed by atoms with Crippen LogP contribution in [0.15, 0.2) is 48.5 Å². The first-order chi connectivity index (χ1) is 15.9. The fraction of sp³-hybridized carbons (Fsp3) is 0.423. The molecule has 2 aliphatic carbocycles. The number of benzene rings is 2. The minimum absolute atomic E-state index is 0.0588. The van der Waals surface area contributed by atoms with E-state index in [2.05, 4.69) is 34.9 Å². The van der Waals surface area contributed by atoms with Gasteiger partial charge in [-0.3, -0.25) is 9.59 Å². The molecular weight excluding hydrogens is 420 g/mol. The van der Waals surface area contributed by atoms with E-state index in [-0.39, 0.29) is 24.9 Å². The molecule has 2 amide bonds. The Bertz CT molecular complexity index is 999. The summed E-state index contributed by atoms with van der Waals surface area (Å²) in [6, 6.07) is 15.8. The van der Waals surface area contributed by atoms with Crippen molar-refractivity contribution in [3.05, 3.63) is 59.7 Å². The quantitative estimate of drug-likeness (QED) is 0.559. The second-order valence-electron chi connectivity index (χ2n) is 8.92. The Morgan fingerprint density at radius 2 is 1.61 bits per heavy atom. The average molecular weight is 451 g/mol. The van der Waals surface area contributed by atoms with Gasteiger partial charge in [-0.1, -0.05) is 68.3 Å². The van der Waals surface area contributed by atoms with Crippen LogP contribution in [0.5, 0.6) is 0 Å². The molecule has 0 radical (unpaired) electrons. The van der Waals surface area contributed by atoms with Crippen molar-refractivity contribution in [3.8, 4) is 11.1 Å². The van der Waals surface area contributed by atoms with Gasteiger partial charge in [-0.2, -0.15) is 0 Å². The highest BCUT2D eigenvalue weighted by atomic mass is 16.5. The van der Waals surface area contributed by atoms with E-state index in [1.807, 2.05) is 31.2 Å². The maximum absolute atomic E-state index is 13.1. The highest BCUT2D eigenvalue weighted by Gasteiger charge is 2.43. The molecule has 7 nitrogen and oxygen atoms in total. The summed E-state index contributed by atoms with van der Waals surface area (Å²) < 4.78 is 5.65. The highest BCUT2D eigenvalue weighted by molar-refractivity contribution is 5.91. The Labute approximate surface area is 193 Å². The molecule has 0 spiro atoms. The number of carbonyl (C=O) groups is 3. The first-order valence-corrected chi connectivity index (χ1v) is 11.6. The molecule has 1 fully saturated rings. The van der Waals surface area contributed by atoms with Crippen molar-refractivity contribution in [1.29, 1.82) is 0 Å². The lowest BCUT2D eigenvalue weighted by molar-refractivity contribution is -0.138. The van der Waals surface area contributed by atoms with Crippen LogP contribution in [0.3, 0.4) is 0 Å². The van der Waals surface area contributed by atoms with Gasteiger partial charge in [0.1, 0.15) is 12.1 Å². The Morgan fingerprint density at radius 3 is 2.15 bits per heavy atom. The third-order valence-corrected chi connectivity index (χ3v) is 6.83. The number of alkyl carbamates (subject to hydrolysis) is 1. The number of amides is 2. The van der Waals surface area contributed by atoms with Gasteiger partial charge in [-0.25, -0.2) is 4.79 Å². The minimum atomic E-state index is -1.06. The molecule has 33 heavy (non-hydrogen) atoms. The molecule has 3 N–H and O–H groups in total. The standard InChI is InChI=1S/C26H30N2O5/c1-2-17(15-23(29)30)27-24(31)26(13-7-8-14-26)28-25(32)33-16-22-20-11-5-3-9-18(20)19-10-4-6-12-21(19)22/h3-6,9-12,17,22H,2,7-8,13-16H2,1H3,(H,27,31)(H,28,32)(H,29,30)/t17-/m0/s1. The number of fused-ring (bicyclic) bond motifs is 3. The van der Waals surface area contributed by atoms with E-state index in [0.29, 0.717) is 19.3 Å². The normalized spacial score (nSPS) is 17.0. The summed E-state index contributed by atoms with van der Waals surface area (Å²) in [7, 11) is 0. The molecule has 0 aliphatic heterocycles. The summed E-state index contributed by atoms with van der Waals surface area (Å²) in [6.07, 6.45) is 2.36. The van der Waals surface area contributed by atoms with Crippen LogP contribution in [0.2, 0.25) is 0 Å². The van der Waals surface area contributed by atoms with Crippen LogP contribution in [0.25, 0.3) is 11.1 Å². The molecule has 0 bridgehead atoms. The first-order valence-electron chi connectivity index (χ1n) is 11.6. The van der Waals surface area contributed by atoms with Crippen molar-refractivity contribution < 1.29 is 24.2 Å². The van der Waals surface area contributed by atoms with Gasteiger partial charge < -0.3 is 20.5 Å². The summed E-state index contributed by atoms with van der Waals surface area (Å²) in [4.78, 5) is 37.0. The highest BCUT2D eigenvalue weighted by Crippen LogP contribution is 2.44. The molecule has 2 aromatic carbocycles. The lowest BCUT2D eigenvalue weighted by Gasteiger charge is -2.30. The zero-order valence-corrected chi connectivity index (χ0v) is 18.8. The molecule has 2 aliphatic rings. The van der Waals surface area contributed by atoms with E-state index < -0.39 is 23.6 Å². The lowest BCUT2D eigenvalue weighted by atomic mass is 9.95. The summed E-state index contributed by atoms with van der Waals surface area (Å²) in [5, 5.41) is 14.7. The SMILES string of the molecule is CC[C@@H](CC(=O)O)NC(=O)C1(NC(=O)OCC2c3ccccc3-c3ccccc32)CCCC1. The minimum Gasteiger partial charge on any atom is -0.481 e. The average Bonchev–Trinajstić information content (AvgIpc) is 3.40. The number of rotatable bonds is 8. The molecule has 0 aromatic heterocycles. The van der Waals surface area contributed by atoms with Crippen LogP contribution in [-0.4, -0.2) is 41.3 Å². The molecule has 174 valence electrons. The molecule has 2 aromatic rings. The molecule has 0 unspecified atom stereocenters. The van der Waals surface area contributed by atoms with Gasteiger partial charge in [-0.15, -0.1) is 0 Å². The maximum Gasteiger partial charge on any atom is 0.408 e. The van der Waals surface area contributed by atoms with Crippen molar-refractivity contribution in [1.82, 2.24) is 10.6 Å². The molecule has 7 heteroatoms. The van der Waals surface area contributed by atoms with Gasteiger partial charge in [0.15, 0.2) is 0 Å². The van der Waals surface area contributed by atoms with Crippen molar-refractivity contribution in [2.45, 2.75) is 62.9 Å². The summed E-state index contributed by atoms with van der Waals surface area (Å²) >= 11 is 0. The van der Waals surface area contributed by atoms with E-state index >= 15 is 0 Å². The summed E-state index contributed by atoms with van der Waals surface area (Å²) in [6.45, 7) is 2.00. The maximum atomic E-state index is 13.1. The summed E-state index contributed by atoms with van der Waals surface area (Å²) in [5.41, 5.74) is 3.49. The van der Waals surface area contributed by atoms with Crippen LogP contribution < -0.4 is 10.6 Å². The van der Waals surface area contributed by atoms with Crippen LogP contribution >= 0.6 is 0 Å². The lowest BCUT2D eigenvalue weighted by Crippen LogP contribution is -2.59. The molecule has 0 heterocycles. The molecular formula is C26H30N2O5. The van der Waals surface area contributed by atoms with Gasteiger partial charge in [0.05, 0.1) is 6.42 Å². The zero-order valence-electron chi connectivity index (χ0n) is 18.8. The predicted molar refractivity (Wildman–Crippen MR) is 124 cm³/mol. The molecule has 1 saturated carbocycles. The van der Waals surface area contributed by atoms with E-state index in [1.54, 1.807) is 0 Å². The largest absolute Gasteiger partial charge is 0.481 e. The van der Waals surface area contributed by atoms with Crippen molar-refractivity contribution in [2.24, 2.45) is 0 Å². The zero-order chi connectivity index (χ0) is 23.4. The van der Waals surface area contributed by atoms with E-state index in [1.165, 1.54) is 0 Å². The van der Waals surface area contributed by atoms with Crippen molar-refractivity contribution in [3.63, 3.8) is 0 Å². The number of ether oxygens (including phenoxy) is 1. The van der Waals surface area contributed by atoms with Crippen molar-refractivity contribution >= 4 is 18.0 Å². The van der Waals surface area contributed by atoms with Crippen LogP contribution in [0, 0.1) is 0 Å². The topological polar surface area (TPSA) is 105 Å². The second-order valence-corrected chi connectivity index (χ2v) is 8.92. The Balaban J connectivity index is 1.43. The fourth-order valence-electron chi connectivity index (χ4n) is 5.05. The van der Waals surface area contributed by atoms with Crippen LogP contribution in [-0.2, 0) is 14.3 Å². The molecule has 4 rings (SSSR count). The van der Waals surface area contributed by atoms with E-state index in [9.17, 15) is 14.4 Å². The van der Waals surface area contributed by atoms with Gasteiger partial charge >= 0.3 is 12.1 Å². The smallest absolute Gasteiger partial charge is 0.408 e. The van der Waals surface area contributed by atoms with Gasteiger partial charge in [0.25, 0.3) is 0 Å². The number of carboxylic acid groups (broad SMARTS) is 1. The fourth-order valence-corrected chi connectivity index (χ4v) is 5.05. The Morgan fingerprint density at radius 1 is 1.03 bits per heavy atom. The number of hydrogen-bond donors (Lipinski definition) is 3. The number of hydrogen-bond acceptors (Lipinski definition) is 4. The van der Waals surface area contributed by atoms with E-state index in [0.717, 1.165) is 35.1 Å². The third kappa shape index (κ3) is 4.72. The predicted octanol–water partition coefficient (Wildman–Crippen LogP) is 4.21. The van der Waals surface area contributed by atoms with Crippen LogP contribution in [0.4, 0.5) is 4.79 Å². The number of aliphatic carboxylic acids is 1. The Hall–Kier alpha value is -3.35. The summed E-state index contributed by atoms with van der Waals surface area (Å²) in [5.74, 6) is -1.36. The first kappa shape index (κ1) is 22.8. The van der Waals surface area contributed by atoms with Gasteiger partial charge in [0.2, 0.25) is 5.91 Å². The van der Waals surface area contributed by atoms with Gasteiger partial charge in [-0.05, 0) is 41.5 Å². The third-order valence-electron chi connectivity index (χ3n) is 6.83. The van der Waals surface area contributed by atoms with Crippen molar-refractivity contribution in [2.75, 3.05) is 6.61 Å². The Kier molecular flexibility index (Phi) is 6.67. The van der Waals surface area contributed by atoms with Crippen LogP contribution in [0.1, 0.15) is 62.5 Å².